The molecule has 2 N–H and O–H groups in total. The van der Waals surface area contributed by atoms with Crippen LogP contribution in [-0.2, 0) is 9.59 Å². The second-order valence-electron chi connectivity index (χ2n) is 3.91. The number of hydrogen-bond acceptors (Lipinski definition) is 3. The maximum absolute atomic E-state index is 11.4. The van der Waals surface area contributed by atoms with Gasteiger partial charge < -0.3 is 4.74 Å². The number of rotatable bonds is 4. The third kappa shape index (κ3) is 4.63. The second kappa shape index (κ2) is 6.86. The van der Waals surface area contributed by atoms with E-state index in [0.29, 0.717) is 10.8 Å². The molecule has 0 aliphatic carbocycles. The smallest absolute Gasteiger partial charge is 0.276 e. The Bertz CT molecular complexity index is 435. The summed E-state index contributed by atoms with van der Waals surface area (Å²) in [6, 6.07) is 6.83. The number of para-hydroxylation sites is 1. The Morgan fingerprint density at radius 2 is 1.94 bits per heavy atom. The van der Waals surface area contributed by atoms with E-state index >= 15 is 0 Å². The molecule has 6 heteroatoms. The highest BCUT2D eigenvalue weighted by atomic mass is 35.5. The maximum atomic E-state index is 11.4. The minimum absolute atomic E-state index is 0.199. The van der Waals surface area contributed by atoms with Crippen LogP contribution >= 0.6 is 11.6 Å². The zero-order valence-corrected chi connectivity index (χ0v) is 11.0. The molecule has 2 amide bonds. The molecular formula is C12H15ClN2O3. The summed E-state index contributed by atoms with van der Waals surface area (Å²) in [5.74, 6) is -0.496. The molecule has 0 fully saturated rings. The van der Waals surface area contributed by atoms with Gasteiger partial charge in [0.15, 0.2) is 6.61 Å². The average Bonchev–Trinajstić information content (AvgIpc) is 2.34. The van der Waals surface area contributed by atoms with Gasteiger partial charge in [0.25, 0.3) is 5.91 Å². The fraction of sp³-hybridized carbons (Fsp3) is 0.333. The van der Waals surface area contributed by atoms with E-state index < -0.39 is 5.91 Å². The van der Waals surface area contributed by atoms with Gasteiger partial charge in [-0.05, 0) is 12.1 Å². The Hall–Kier alpha value is -1.75. The SMILES string of the molecule is CC(C)C(=O)NNC(=O)COc1ccccc1Cl. The standard InChI is InChI=1S/C12H15ClN2O3/c1-8(2)12(17)15-14-11(16)7-18-10-6-4-3-5-9(10)13/h3-6,8H,7H2,1-2H3,(H,14,16)(H,15,17). The summed E-state index contributed by atoms with van der Waals surface area (Å²) >= 11 is 5.85. The Morgan fingerprint density at radius 1 is 1.28 bits per heavy atom. The number of hydrogen-bond donors (Lipinski definition) is 2. The second-order valence-corrected chi connectivity index (χ2v) is 4.32. The molecule has 0 heterocycles. The largest absolute Gasteiger partial charge is 0.482 e. The summed E-state index contributed by atoms with van der Waals surface area (Å²) in [6.45, 7) is 3.23. The zero-order valence-electron chi connectivity index (χ0n) is 10.2. The topological polar surface area (TPSA) is 67.4 Å². The van der Waals surface area contributed by atoms with Crippen molar-refractivity contribution in [3.63, 3.8) is 0 Å². The number of benzene rings is 1. The quantitative estimate of drug-likeness (QED) is 0.815. The Kier molecular flexibility index (Phi) is 5.45. The van der Waals surface area contributed by atoms with Gasteiger partial charge in [0.1, 0.15) is 5.75 Å². The first-order valence-corrected chi connectivity index (χ1v) is 5.84. The molecule has 0 aliphatic heterocycles. The van der Waals surface area contributed by atoms with Crippen LogP contribution in [0.5, 0.6) is 5.75 Å². The number of carbonyl (C=O) groups excluding carboxylic acids is 2. The lowest BCUT2D eigenvalue weighted by atomic mass is 10.2. The molecule has 98 valence electrons. The fourth-order valence-electron chi connectivity index (χ4n) is 1.02. The normalized spacial score (nSPS) is 10.0. The molecule has 0 spiro atoms. The summed E-state index contributed by atoms with van der Waals surface area (Å²) in [4.78, 5) is 22.5. The molecule has 0 saturated carbocycles. The predicted molar refractivity (Wildman–Crippen MR) is 68.1 cm³/mol. The first-order valence-electron chi connectivity index (χ1n) is 5.46. The predicted octanol–water partition coefficient (Wildman–Crippen LogP) is 1.52. The average molecular weight is 271 g/mol. The lowest BCUT2D eigenvalue weighted by molar-refractivity contribution is -0.131. The third-order valence-corrected chi connectivity index (χ3v) is 2.36. The van der Waals surface area contributed by atoms with Crippen LogP contribution in [0.1, 0.15) is 13.8 Å². The van der Waals surface area contributed by atoms with Gasteiger partial charge in [-0.3, -0.25) is 20.4 Å². The summed E-state index contributed by atoms with van der Waals surface area (Å²) in [6.07, 6.45) is 0. The summed E-state index contributed by atoms with van der Waals surface area (Å²) in [5, 5.41) is 0.427. The summed E-state index contributed by atoms with van der Waals surface area (Å²) in [5.41, 5.74) is 4.53. The molecule has 0 radical (unpaired) electrons. The van der Waals surface area contributed by atoms with Crippen molar-refractivity contribution < 1.29 is 14.3 Å². The van der Waals surface area contributed by atoms with Gasteiger partial charge in [-0.1, -0.05) is 37.6 Å². The van der Waals surface area contributed by atoms with Gasteiger partial charge in [-0.2, -0.15) is 0 Å². The molecule has 0 unspecified atom stereocenters. The number of carbonyl (C=O) groups is 2. The molecule has 0 atom stereocenters. The molecule has 1 rings (SSSR count). The highest BCUT2D eigenvalue weighted by molar-refractivity contribution is 6.32. The number of hydrazine groups is 1. The molecule has 18 heavy (non-hydrogen) atoms. The fourth-order valence-corrected chi connectivity index (χ4v) is 1.21. The highest BCUT2D eigenvalue weighted by Crippen LogP contribution is 2.22. The number of halogens is 1. The van der Waals surface area contributed by atoms with Crippen molar-refractivity contribution in [2.24, 2.45) is 5.92 Å². The van der Waals surface area contributed by atoms with Crippen LogP contribution in [0.3, 0.4) is 0 Å². The van der Waals surface area contributed by atoms with Gasteiger partial charge in [-0.25, -0.2) is 0 Å². The summed E-state index contributed by atoms with van der Waals surface area (Å²) < 4.78 is 5.20. The van der Waals surface area contributed by atoms with Crippen LogP contribution in [0.15, 0.2) is 24.3 Å². The molecular weight excluding hydrogens is 256 g/mol. The van der Waals surface area contributed by atoms with Crippen molar-refractivity contribution in [3.8, 4) is 5.75 Å². The van der Waals surface area contributed by atoms with Crippen molar-refractivity contribution >= 4 is 23.4 Å². The Balaban J connectivity index is 2.34. The maximum Gasteiger partial charge on any atom is 0.276 e. The molecule has 1 aromatic rings. The zero-order chi connectivity index (χ0) is 13.5. The number of nitrogens with one attached hydrogen (secondary N) is 2. The van der Waals surface area contributed by atoms with Crippen molar-refractivity contribution in [2.45, 2.75) is 13.8 Å². The van der Waals surface area contributed by atoms with Crippen molar-refractivity contribution in [2.75, 3.05) is 6.61 Å². The minimum Gasteiger partial charge on any atom is -0.482 e. The van der Waals surface area contributed by atoms with Crippen LogP contribution in [0.25, 0.3) is 0 Å². The van der Waals surface area contributed by atoms with Crippen molar-refractivity contribution in [1.29, 1.82) is 0 Å². The van der Waals surface area contributed by atoms with E-state index in [4.69, 9.17) is 16.3 Å². The van der Waals surface area contributed by atoms with Crippen molar-refractivity contribution in [1.82, 2.24) is 10.9 Å². The highest BCUT2D eigenvalue weighted by Gasteiger charge is 2.09. The van der Waals surface area contributed by atoms with Gasteiger partial charge >= 0.3 is 0 Å². The lowest BCUT2D eigenvalue weighted by Crippen LogP contribution is -2.45. The van der Waals surface area contributed by atoms with Gasteiger partial charge in [0.2, 0.25) is 5.91 Å². The third-order valence-electron chi connectivity index (χ3n) is 2.04. The van der Waals surface area contributed by atoms with Gasteiger partial charge in [0, 0.05) is 5.92 Å². The van der Waals surface area contributed by atoms with E-state index in [9.17, 15) is 9.59 Å². The number of amides is 2. The van der Waals surface area contributed by atoms with Crippen LogP contribution in [0, 0.1) is 5.92 Å². The summed E-state index contributed by atoms with van der Waals surface area (Å²) in [7, 11) is 0. The van der Waals surface area contributed by atoms with E-state index in [1.807, 2.05) is 0 Å². The van der Waals surface area contributed by atoms with Crippen LogP contribution in [0.2, 0.25) is 5.02 Å². The first-order chi connectivity index (χ1) is 8.50. The molecule has 1 aromatic carbocycles. The van der Waals surface area contributed by atoms with E-state index in [1.54, 1.807) is 38.1 Å². The van der Waals surface area contributed by atoms with E-state index in [-0.39, 0.29) is 18.4 Å². The number of ether oxygens (including phenoxy) is 1. The van der Waals surface area contributed by atoms with Gasteiger partial charge in [-0.15, -0.1) is 0 Å². The van der Waals surface area contributed by atoms with Crippen molar-refractivity contribution in [3.05, 3.63) is 29.3 Å². The van der Waals surface area contributed by atoms with Crippen LogP contribution < -0.4 is 15.6 Å². The van der Waals surface area contributed by atoms with E-state index in [1.165, 1.54) is 0 Å². The van der Waals surface area contributed by atoms with E-state index in [2.05, 4.69) is 10.9 Å². The minimum atomic E-state index is -0.455. The molecule has 0 aromatic heterocycles. The Labute approximate surface area is 110 Å². The molecule has 0 saturated heterocycles. The van der Waals surface area contributed by atoms with E-state index in [0.717, 1.165) is 0 Å². The molecule has 5 nitrogen and oxygen atoms in total. The van der Waals surface area contributed by atoms with Crippen LogP contribution in [-0.4, -0.2) is 18.4 Å². The van der Waals surface area contributed by atoms with Crippen LogP contribution in [0.4, 0.5) is 0 Å². The first kappa shape index (κ1) is 14.3. The monoisotopic (exact) mass is 270 g/mol. The molecule has 0 bridgehead atoms. The van der Waals surface area contributed by atoms with Gasteiger partial charge in [0.05, 0.1) is 5.02 Å². The Morgan fingerprint density at radius 3 is 2.56 bits per heavy atom. The lowest BCUT2D eigenvalue weighted by Gasteiger charge is -2.10. The molecule has 0 aliphatic rings.